The topological polar surface area (TPSA) is 97.4 Å². The van der Waals surface area contributed by atoms with Gasteiger partial charge in [-0.2, -0.15) is 0 Å². The first-order valence-electron chi connectivity index (χ1n) is 11.1. The Morgan fingerprint density at radius 1 is 0.972 bits per heavy atom. The molecular weight excluding hydrogens is 506 g/mol. The number of hydrogen-bond donors (Lipinski definition) is 1. The number of carbonyl (C=O) groups excluding carboxylic acids is 3. The van der Waals surface area contributed by atoms with Gasteiger partial charge in [-0.1, -0.05) is 11.6 Å². The fraction of sp³-hybridized carbons (Fsp3) is 0.320. The molecule has 1 aliphatic heterocycles. The van der Waals surface area contributed by atoms with Crippen molar-refractivity contribution >= 4 is 52.8 Å². The van der Waals surface area contributed by atoms with Crippen molar-refractivity contribution in [2.24, 2.45) is 0 Å². The first-order chi connectivity index (χ1) is 17.4. The van der Waals surface area contributed by atoms with Crippen LogP contribution in [-0.4, -0.2) is 73.7 Å². The van der Waals surface area contributed by atoms with Crippen molar-refractivity contribution in [3.05, 3.63) is 53.1 Å². The molecular formula is C25H28ClN3O6S. The quantitative estimate of drug-likeness (QED) is 0.465. The van der Waals surface area contributed by atoms with Gasteiger partial charge in [-0.3, -0.25) is 19.4 Å². The number of ether oxygens (including phenoxy) is 3. The third-order valence-electron chi connectivity index (χ3n) is 5.31. The lowest BCUT2D eigenvalue weighted by atomic mass is 10.1. The molecule has 1 N–H and O–H groups in total. The van der Waals surface area contributed by atoms with E-state index in [9.17, 15) is 14.4 Å². The summed E-state index contributed by atoms with van der Waals surface area (Å²) in [6.45, 7) is 0.872. The lowest BCUT2D eigenvalue weighted by Gasteiger charge is -2.26. The average molecular weight is 534 g/mol. The molecule has 3 amide bonds. The highest BCUT2D eigenvalue weighted by molar-refractivity contribution is 8.00. The highest BCUT2D eigenvalue weighted by Crippen LogP contribution is 2.28. The Morgan fingerprint density at radius 2 is 1.69 bits per heavy atom. The van der Waals surface area contributed by atoms with Gasteiger partial charge < -0.3 is 19.5 Å². The van der Waals surface area contributed by atoms with Crippen LogP contribution >= 0.6 is 23.4 Å². The van der Waals surface area contributed by atoms with Crippen LogP contribution < -0.4 is 19.5 Å². The third kappa shape index (κ3) is 7.08. The molecule has 0 aliphatic carbocycles. The largest absolute Gasteiger partial charge is 0.497 e. The predicted octanol–water partition coefficient (Wildman–Crippen LogP) is 3.73. The van der Waals surface area contributed by atoms with Crippen LogP contribution in [0.25, 0.3) is 6.08 Å². The van der Waals surface area contributed by atoms with Crippen molar-refractivity contribution in [3.63, 3.8) is 0 Å². The minimum absolute atomic E-state index is 0.0529. The summed E-state index contributed by atoms with van der Waals surface area (Å²) in [5.74, 6) is 0.969. The number of anilines is 1. The zero-order chi connectivity index (χ0) is 26.1. The summed E-state index contributed by atoms with van der Waals surface area (Å²) in [7, 11) is 4.60. The molecule has 1 fully saturated rings. The van der Waals surface area contributed by atoms with Crippen LogP contribution in [0.2, 0.25) is 5.02 Å². The summed E-state index contributed by atoms with van der Waals surface area (Å²) in [6.07, 6.45) is 3.71. The van der Waals surface area contributed by atoms with Gasteiger partial charge in [-0.15, -0.1) is 11.8 Å². The number of amides is 3. The van der Waals surface area contributed by atoms with E-state index in [1.807, 2.05) is 0 Å². The second-order valence-electron chi connectivity index (χ2n) is 7.66. The second-order valence-corrected chi connectivity index (χ2v) is 9.08. The molecule has 2 aromatic carbocycles. The molecule has 0 bridgehead atoms. The Bertz CT molecular complexity index is 1140. The molecule has 0 aromatic heterocycles. The normalized spacial score (nSPS) is 13.1. The Hall–Kier alpha value is -3.37. The highest BCUT2D eigenvalue weighted by Gasteiger charge is 2.29. The minimum Gasteiger partial charge on any atom is -0.497 e. The first kappa shape index (κ1) is 27.2. The first-order valence-corrected chi connectivity index (χ1v) is 12.6. The van der Waals surface area contributed by atoms with E-state index in [4.69, 9.17) is 25.8 Å². The van der Waals surface area contributed by atoms with Gasteiger partial charge in [0.2, 0.25) is 5.91 Å². The van der Waals surface area contributed by atoms with Crippen LogP contribution in [0.1, 0.15) is 12.0 Å². The Kier molecular flexibility index (Phi) is 9.89. The van der Waals surface area contributed by atoms with Crippen molar-refractivity contribution in [1.82, 2.24) is 10.0 Å². The van der Waals surface area contributed by atoms with Crippen molar-refractivity contribution in [3.8, 4) is 17.2 Å². The lowest BCUT2D eigenvalue weighted by Crippen LogP contribution is -2.45. The number of nitrogens with zero attached hydrogens (tertiary/aromatic N) is 2. The van der Waals surface area contributed by atoms with Crippen LogP contribution in [0.4, 0.5) is 5.69 Å². The Morgan fingerprint density at radius 3 is 2.42 bits per heavy atom. The minimum atomic E-state index is -0.318. The highest BCUT2D eigenvalue weighted by atomic mass is 35.5. The average Bonchev–Trinajstić information content (AvgIpc) is 3.37. The molecule has 1 aliphatic rings. The summed E-state index contributed by atoms with van der Waals surface area (Å²) >= 11 is 7.15. The van der Waals surface area contributed by atoms with E-state index in [2.05, 4.69) is 5.32 Å². The summed E-state index contributed by atoms with van der Waals surface area (Å²) in [6, 6.07) is 10.2. The Labute approximate surface area is 219 Å². The maximum Gasteiger partial charge on any atom is 0.265 e. The van der Waals surface area contributed by atoms with Gasteiger partial charge in [0, 0.05) is 29.8 Å². The van der Waals surface area contributed by atoms with E-state index in [0.29, 0.717) is 53.0 Å². The van der Waals surface area contributed by atoms with Gasteiger partial charge in [-0.25, -0.2) is 5.01 Å². The van der Waals surface area contributed by atoms with E-state index in [0.717, 1.165) is 11.8 Å². The van der Waals surface area contributed by atoms with Gasteiger partial charge in [0.15, 0.2) is 0 Å². The summed E-state index contributed by atoms with van der Waals surface area (Å²) in [5.41, 5.74) is 1.14. The molecule has 0 spiro atoms. The van der Waals surface area contributed by atoms with Crippen molar-refractivity contribution < 1.29 is 28.6 Å². The van der Waals surface area contributed by atoms with E-state index in [-0.39, 0.29) is 29.2 Å². The molecule has 0 unspecified atom stereocenters. The van der Waals surface area contributed by atoms with Gasteiger partial charge in [0.05, 0.1) is 38.5 Å². The van der Waals surface area contributed by atoms with Crippen LogP contribution in [0, 0.1) is 0 Å². The predicted molar refractivity (Wildman–Crippen MR) is 141 cm³/mol. The van der Waals surface area contributed by atoms with Crippen molar-refractivity contribution in [1.29, 1.82) is 0 Å². The number of hydrazine groups is 1. The van der Waals surface area contributed by atoms with Gasteiger partial charge in [0.1, 0.15) is 17.2 Å². The summed E-state index contributed by atoms with van der Waals surface area (Å²) in [5, 5.41) is 6.05. The lowest BCUT2D eigenvalue weighted by molar-refractivity contribution is -0.152. The number of nitrogens with one attached hydrogen (secondary N) is 1. The molecule has 1 saturated heterocycles. The number of methoxy groups -OCH3 is 3. The second kappa shape index (κ2) is 13.1. The molecule has 36 heavy (non-hydrogen) atoms. The molecule has 0 radical (unpaired) electrons. The maximum absolute atomic E-state index is 12.8. The SMILES string of the molecule is COc1ccc(OC)c(C=CC(=O)N2CCCN2C(=O)CSCC(=O)Nc2cc(Cl)ccc2OC)c1. The van der Waals surface area contributed by atoms with Gasteiger partial charge in [-0.05, 0) is 48.9 Å². The van der Waals surface area contributed by atoms with E-state index in [1.54, 1.807) is 56.7 Å². The molecule has 2 aromatic rings. The van der Waals surface area contributed by atoms with E-state index < -0.39 is 0 Å². The van der Waals surface area contributed by atoms with Gasteiger partial charge >= 0.3 is 0 Å². The molecule has 192 valence electrons. The monoisotopic (exact) mass is 533 g/mol. The standard InChI is InChI=1S/C25H28ClN3O6S/c1-33-19-7-9-21(34-2)17(13-19)5-10-24(31)28-11-4-12-29(28)25(32)16-36-15-23(30)27-20-14-18(26)6-8-22(20)35-3/h5-10,13-14H,4,11-12,15-16H2,1-3H3,(H,27,30). The maximum atomic E-state index is 12.8. The van der Waals surface area contributed by atoms with Crippen LogP contribution in [-0.2, 0) is 14.4 Å². The fourth-order valence-corrected chi connectivity index (χ4v) is 4.44. The zero-order valence-corrected chi connectivity index (χ0v) is 21.9. The number of rotatable bonds is 10. The fourth-order valence-electron chi connectivity index (χ4n) is 3.59. The molecule has 0 saturated carbocycles. The number of halogens is 1. The molecule has 11 heteroatoms. The summed E-state index contributed by atoms with van der Waals surface area (Å²) in [4.78, 5) is 38.0. The number of carbonyl (C=O) groups is 3. The van der Waals surface area contributed by atoms with Crippen LogP contribution in [0.3, 0.4) is 0 Å². The number of benzene rings is 2. The third-order valence-corrected chi connectivity index (χ3v) is 6.46. The number of thioether (sulfide) groups is 1. The van der Waals surface area contributed by atoms with Crippen LogP contribution in [0.15, 0.2) is 42.5 Å². The van der Waals surface area contributed by atoms with Crippen LogP contribution in [0.5, 0.6) is 17.2 Å². The molecule has 1 heterocycles. The molecule has 0 atom stereocenters. The Balaban J connectivity index is 1.54. The number of hydrogen-bond acceptors (Lipinski definition) is 7. The smallest absolute Gasteiger partial charge is 0.265 e. The van der Waals surface area contributed by atoms with E-state index >= 15 is 0 Å². The molecule has 9 nitrogen and oxygen atoms in total. The summed E-state index contributed by atoms with van der Waals surface area (Å²) < 4.78 is 15.8. The van der Waals surface area contributed by atoms with E-state index in [1.165, 1.54) is 23.2 Å². The molecule has 3 rings (SSSR count). The van der Waals surface area contributed by atoms with Gasteiger partial charge in [0.25, 0.3) is 11.8 Å². The van der Waals surface area contributed by atoms with Crippen molar-refractivity contribution in [2.45, 2.75) is 6.42 Å². The zero-order valence-electron chi connectivity index (χ0n) is 20.3. The van der Waals surface area contributed by atoms with Crippen molar-refractivity contribution in [2.75, 3.05) is 51.2 Å².